The van der Waals surface area contributed by atoms with Gasteiger partial charge in [0.05, 0.1) is 0 Å². The lowest BCUT2D eigenvalue weighted by molar-refractivity contribution is -0.147. The van der Waals surface area contributed by atoms with Gasteiger partial charge in [0.1, 0.15) is 23.5 Å². The number of aromatic nitrogens is 4. The second kappa shape index (κ2) is 14.3. The fourth-order valence-corrected chi connectivity index (χ4v) is 4.50. The van der Waals surface area contributed by atoms with Gasteiger partial charge >= 0.3 is 12.1 Å². The lowest BCUT2D eigenvalue weighted by Gasteiger charge is -2.29. The number of carbonyl (C=O) groups is 2. The third kappa shape index (κ3) is 8.89. The van der Waals surface area contributed by atoms with Crippen molar-refractivity contribution >= 4 is 28.7 Å². The zero-order chi connectivity index (χ0) is 30.0. The van der Waals surface area contributed by atoms with E-state index < -0.39 is 24.2 Å². The van der Waals surface area contributed by atoms with Gasteiger partial charge in [0.25, 0.3) is 0 Å². The number of nitrogens with zero attached hydrogens (tertiary/aromatic N) is 4. The van der Waals surface area contributed by atoms with Gasteiger partial charge in [-0.25, -0.2) is 15.0 Å². The Labute approximate surface area is 238 Å². The number of hydrogen-bond donors (Lipinski definition) is 2. The Hall–Kier alpha value is -3.70. The first-order valence-corrected chi connectivity index (χ1v) is 14.1. The normalized spacial score (nSPS) is 13.9. The molecule has 3 aromatic heterocycles. The van der Waals surface area contributed by atoms with E-state index in [4.69, 9.17) is 4.74 Å². The molecule has 3 aromatic rings. The fraction of sp³-hybridized carbons (Fsp3) is 0.552. The van der Waals surface area contributed by atoms with Crippen molar-refractivity contribution in [2.45, 2.75) is 91.1 Å². The molecule has 3 heterocycles. The Kier molecular flexibility index (Phi) is 11.1. The van der Waals surface area contributed by atoms with Crippen molar-refractivity contribution in [2.24, 2.45) is 5.92 Å². The maximum atomic E-state index is 12.6. The quantitative estimate of drug-likeness (QED) is 0.206. The third-order valence-electron chi connectivity index (χ3n) is 7.26. The molecular formula is C29H39F3N6O3. The van der Waals surface area contributed by atoms with E-state index in [1.165, 1.54) is 19.2 Å². The van der Waals surface area contributed by atoms with Crippen LogP contribution in [0.1, 0.15) is 72.6 Å². The number of amides is 1. The summed E-state index contributed by atoms with van der Waals surface area (Å²) in [6.45, 7) is 6.05. The molecule has 2 atom stereocenters. The molecule has 9 nitrogen and oxygen atoms in total. The summed E-state index contributed by atoms with van der Waals surface area (Å²) < 4.78 is 45.2. The van der Waals surface area contributed by atoms with Gasteiger partial charge in [-0.15, -0.1) is 0 Å². The van der Waals surface area contributed by atoms with Crippen LogP contribution in [0.4, 0.5) is 19.0 Å². The number of nitrogens with one attached hydrogen (secondary N) is 2. The van der Waals surface area contributed by atoms with Crippen LogP contribution in [0.15, 0.2) is 36.8 Å². The van der Waals surface area contributed by atoms with Crippen LogP contribution in [0, 0.1) is 5.92 Å². The van der Waals surface area contributed by atoms with Gasteiger partial charge in [0, 0.05) is 36.0 Å². The lowest BCUT2D eigenvalue weighted by atomic mass is 9.94. The van der Waals surface area contributed by atoms with Crippen molar-refractivity contribution in [3.8, 4) is 11.4 Å². The van der Waals surface area contributed by atoms with E-state index in [0.717, 1.165) is 37.5 Å². The summed E-state index contributed by atoms with van der Waals surface area (Å²) in [5.74, 6) is 0.0202. The van der Waals surface area contributed by atoms with Gasteiger partial charge in [-0.05, 0) is 43.9 Å². The van der Waals surface area contributed by atoms with E-state index in [9.17, 15) is 22.8 Å². The van der Waals surface area contributed by atoms with Crippen LogP contribution in [0.3, 0.4) is 0 Å². The summed E-state index contributed by atoms with van der Waals surface area (Å²) >= 11 is 0. The van der Waals surface area contributed by atoms with Crippen LogP contribution in [0.5, 0.6) is 0 Å². The number of unbranched alkanes of at least 4 members (excludes halogenated alkanes) is 1. The number of carbonyl (C=O) groups excluding carboxylic acids is 2. The van der Waals surface area contributed by atoms with E-state index in [1.54, 1.807) is 30.0 Å². The van der Waals surface area contributed by atoms with Gasteiger partial charge in [0.15, 0.2) is 12.6 Å². The molecule has 0 aliphatic heterocycles. The highest BCUT2D eigenvalue weighted by molar-refractivity contribution is 5.92. The van der Waals surface area contributed by atoms with Crippen LogP contribution in [0.25, 0.3) is 22.4 Å². The lowest BCUT2D eigenvalue weighted by Crippen LogP contribution is -2.52. The fourth-order valence-electron chi connectivity index (χ4n) is 4.50. The molecule has 0 saturated heterocycles. The van der Waals surface area contributed by atoms with E-state index in [2.05, 4.69) is 34.1 Å². The standard InChI is InChI=1S/C29H39F3N6O3/c1-5-8-10-20(6-2)12-13-24(39)41-19-38-17-22(21-11-9-15-34-26(21)38)25-33-16-14-23(36-25)37-28(4,7-3)27(40)35-18-29(30,31)32/h9,11,14-17,20H,5-8,10,12-13,18-19H2,1-4H3,(H,35,40)(H,33,36,37)/t20-,28+/m0/s1. The van der Waals surface area contributed by atoms with Crippen LogP contribution in [-0.4, -0.2) is 49.7 Å². The average Bonchev–Trinajstić information content (AvgIpc) is 3.33. The largest absolute Gasteiger partial charge is 0.444 e. The Morgan fingerprint density at radius 3 is 2.56 bits per heavy atom. The second-order valence-corrected chi connectivity index (χ2v) is 10.4. The number of fused-ring (bicyclic) bond motifs is 1. The van der Waals surface area contributed by atoms with Crippen LogP contribution in [-0.2, 0) is 21.1 Å². The second-order valence-electron chi connectivity index (χ2n) is 10.4. The number of esters is 1. The van der Waals surface area contributed by atoms with Crippen molar-refractivity contribution < 1.29 is 27.5 Å². The Bertz CT molecular complexity index is 1310. The van der Waals surface area contributed by atoms with Crippen LogP contribution < -0.4 is 10.6 Å². The van der Waals surface area contributed by atoms with Gasteiger partial charge in [0.2, 0.25) is 5.91 Å². The first-order valence-electron chi connectivity index (χ1n) is 14.1. The highest BCUT2D eigenvalue weighted by Crippen LogP contribution is 2.29. The highest BCUT2D eigenvalue weighted by Gasteiger charge is 2.35. The minimum Gasteiger partial charge on any atom is -0.444 e. The molecule has 224 valence electrons. The van der Waals surface area contributed by atoms with Crippen molar-refractivity contribution in [1.82, 2.24) is 24.8 Å². The molecule has 0 fully saturated rings. The smallest absolute Gasteiger partial charge is 0.405 e. The molecule has 0 aromatic carbocycles. The SMILES string of the molecule is CCCC[C@H](CC)CCC(=O)OCn1cc(-c2nccc(N[C@](C)(CC)C(=O)NCC(F)(F)F)n2)c2cccnc21. The van der Waals surface area contributed by atoms with Crippen LogP contribution >= 0.6 is 0 Å². The Morgan fingerprint density at radius 2 is 1.88 bits per heavy atom. The number of hydrogen-bond acceptors (Lipinski definition) is 7. The molecule has 0 aliphatic rings. The first-order chi connectivity index (χ1) is 19.5. The molecule has 1 amide bonds. The molecule has 0 aliphatic carbocycles. The molecule has 0 saturated carbocycles. The third-order valence-corrected chi connectivity index (χ3v) is 7.26. The van der Waals surface area contributed by atoms with Crippen molar-refractivity contribution in [2.75, 3.05) is 11.9 Å². The van der Waals surface area contributed by atoms with Crippen molar-refractivity contribution in [3.05, 3.63) is 36.8 Å². The van der Waals surface area contributed by atoms with Crippen LogP contribution in [0.2, 0.25) is 0 Å². The van der Waals surface area contributed by atoms with E-state index in [0.29, 0.717) is 29.4 Å². The average molecular weight is 577 g/mol. The Morgan fingerprint density at radius 1 is 1.10 bits per heavy atom. The van der Waals surface area contributed by atoms with E-state index in [-0.39, 0.29) is 24.9 Å². The molecule has 3 rings (SSSR count). The predicted octanol–water partition coefficient (Wildman–Crippen LogP) is 6.25. The number of pyridine rings is 1. The molecule has 0 unspecified atom stereocenters. The molecular weight excluding hydrogens is 537 g/mol. The highest BCUT2D eigenvalue weighted by atomic mass is 19.4. The summed E-state index contributed by atoms with van der Waals surface area (Å²) in [7, 11) is 0. The molecule has 41 heavy (non-hydrogen) atoms. The van der Waals surface area contributed by atoms with Crippen molar-refractivity contribution in [1.29, 1.82) is 0 Å². The molecule has 0 spiro atoms. The number of ether oxygens (including phenoxy) is 1. The molecule has 2 N–H and O–H groups in total. The van der Waals surface area contributed by atoms with Gasteiger partial charge in [-0.1, -0.05) is 46.5 Å². The summed E-state index contributed by atoms with van der Waals surface area (Å²) in [5.41, 5.74) is -0.136. The topological polar surface area (TPSA) is 111 Å². The van der Waals surface area contributed by atoms with E-state index >= 15 is 0 Å². The van der Waals surface area contributed by atoms with Gasteiger partial charge in [-0.2, -0.15) is 13.2 Å². The molecule has 12 heteroatoms. The maximum absolute atomic E-state index is 12.6. The van der Waals surface area contributed by atoms with E-state index in [1.807, 2.05) is 11.4 Å². The summed E-state index contributed by atoms with van der Waals surface area (Å²) in [5, 5.41) is 5.63. The number of anilines is 1. The Balaban J connectivity index is 1.76. The van der Waals surface area contributed by atoms with Crippen molar-refractivity contribution in [3.63, 3.8) is 0 Å². The number of alkyl halides is 3. The summed E-state index contributed by atoms with van der Waals surface area (Å²) in [6.07, 6.45) is 6.15. The summed E-state index contributed by atoms with van der Waals surface area (Å²) in [4.78, 5) is 38.4. The monoisotopic (exact) mass is 576 g/mol. The minimum atomic E-state index is -4.52. The zero-order valence-electron chi connectivity index (χ0n) is 24.1. The number of rotatable bonds is 15. The maximum Gasteiger partial charge on any atom is 0.405 e. The predicted molar refractivity (Wildman–Crippen MR) is 151 cm³/mol. The number of halogens is 3. The first kappa shape index (κ1) is 31.8. The zero-order valence-corrected chi connectivity index (χ0v) is 24.1. The minimum absolute atomic E-state index is 0.0245. The summed E-state index contributed by atoms with van der Waals surface area (Å²) in [6, 6.07) is 5.15. The van der Waals surface area contributed by atoms with Gasteiger partial charge in [-0.3, -0.25) is 14.2 Å². The van der Waals surface area contributed by atoms with Gasteiger partial charge < -0.3 is 15.4 Å². The molecule has 0 radical (unpaired) electrons. The molecule has 0 bridgehead atoms.